The van der Waals surface area contributed by atoms with Crippen molar-refractivity contribution in [2.24, 2.45) is 0 Å². The van der Waals surface area contributed by atoms with Crippen LogP contribution in [0.2, 0.25) is 0 Å². The van der Waals surface area contributed by atoms with Gasteiger partial charge in [0, 0.05) is 28.9 Å². The summed E-state index contributed by atoms with van der Waals surface area (Å²) in [7, 11) is -1.44. The first-order chi connectivity index (χ1) is 6.97. The Labute approximate surface area is 92.5 Å². The molecule has 0 aliphatic rings. The summed E-state index contributed by atoms with van der Waals surface area (Å²) in [5, 5.41) is 8.07. The summed E-state index contributed by atoms with van der Waals surface area (Å²) < 4.78 is 11.3. The second kappa shape index (κ2) is 7.56. The highest BCUT2D eigenvalue weighted by atomic mass is 32.2. The van der Waals surface area contributed by atoms with Crippen molar-refractivity contribution in [3.8, 4) is 0 Å². The number of unbranched alkanes of at least 4 members (excludes halogenated alkanes) is 1. The van der Waals surface area contributed by atoms with E-state index in [0.717, 1.165) is 12.8 Å². The minimum atomic E-state index is -1.44. The molecule has 0 aromatic heterocycles. The van der Waals surface area contributed by atoms with E-state index in [2.05, 4.69) is 0 Å². The zero-order chi connectivity index (χ0) is 11.8. The maximum Gasteiger partial charge on any atom is 0.316 e. The molecule has 5 heteroatoms. The average molecular weight is 234 g/mol. The lowest BCUT2D eigenvalue weighted by Crippen LogP contribution is -2.22. The van der Waals surface area contributed by atoms with Gasteiger partial charge in [-0.2, -0.15) is 0 Å². The van der Waals surface area contributed by atoms with Gasteiger partial charge in [0.25, 0.3) is 0 Å². The Morgan fingerprint density at radius 3 is 2.47 bits per heavy atom. The number of carboxylic acid groups (broad SMARTS) is 1. The predicted octanol–water partition coefficient (Wildman–Crippen LogP) is 1.36. The summed E-state index contributed by atoms with van der Waals surface area (Å²) in [6.07, 6.45) is 2.53. The first kappa shape index (κ1) is 14.3. The largest absolute Gasteiger partial charge is 0.481 e. The molecule has 0 aliphatic carbocycles. The Balaban J connectivity index is 3.90. The molecule has 0 rings (SSSR count). The van der Waals surface area contributed by atoms with Crippen LogP contribution in [0.15, 0.2) is 0 Å². The van der Waals surface area contributed by atoms with Crippen LogP contribution in [-0.4, -0.2) is 32.1 Å². The third-order valence-corrected chi connectivity index (χ3v) is 3.63. The smallest absolute Gasteiger partial charge is 0.316 e. The SMILES string of the molecule is CCCCC(=O)CC(C)S(=O)CC(=O)O. The number of rotatable bonds is 8. The molecule has 0 saturated carbocycles. The third-order valence-electron chi connectivity index (χ3n) is 2.04. The molecule has 0 aromatic rings. The van der Waals surface area contributed by atoms with E-state index in [1.165, 1.54) is 0 Å². The molecular formula is C10H18O4S. The molecule has 0 aromatic carbocycles. The van der Waals surface area contributed by atoms with Crippen molar-refractivity contribution in [3.05, 3.63) is 0 Å². The maximum atomic E-state index is 11.3. The average Bonchev–Trinajstić information content (AvgIpc) is 2.13. The van der Waals surface area contributed by atoms with E-state index in [9.17, 15) is 13.8 Å². The monoisotopic (exact) mass is 234 g/mol. The molecule has 0 heterocycles. The highest BCUT2D eigenvalue weighted by molar-refractivity contribution is 7.86. The summed E-state index contributed by atoms with van der Waals surface area (Å²) in [4.78, 5) is 21.6. The van der Waals surface area contributed by atoms with Gasteiger partial charge in [0.1, 0.15) is 11.5 Å². The first-order valence-corrected chi connectivity index (χ1v) is 6.46. The number of hydrogen-bond acceptors (Lipinski definition) is 3. The Kier molecular flexibility index (Phi) is 7.21. The first-order valence-electron chi connectivity index (χ1n) is 5.08. The topological polar surface area (TPSA) is 71.4 Å². The standard InChI is InChI=1S/C10H18O4S/c1-3-4-5-9(11)6-8(2)15(14)7-10(12)13/h8H,3-7H2,1-2H3,(H,12,13). The molecule has 0 aliphatic heterocycles. The van der Waals surface area contributed by atoms with Gasteiger partial charge in [-0.3, -0.25) is 13.8 Å². The van der Waals surface area contributed by atoms with Crippen molar-refractivity contribution in [1.82, 2.24) is 0 Å². The van der Waals surface area contributed by atoms with Crippen LogP contribution in [0.4, 0.5) is 0 Å². The van der Waals surface area contributed by atoms with Gasteiger partial charge in [-0.05, 0) is 6.42 Å². The molecule has 15 heavy (non-hydrogen) atoms. The van der Waals surface area contributed by atoms with Gasteiger partial charge in [0.15, 0.2) is 0 Å². The minimum absolute atomic E-state index is 0.0723. The normalized spacial score (nSPS) is 14.5. The van der Waals surface area contributed by atoms with Crippen LogP contribution in [0.5, 0.6) is 0 Å². The van der Waals surface area contributed by atoms with Crippen LogP contribution >= 0.6 is 0 Å². The van der Waals surface area contributed by atoms with Gasteiger partial charge in [-0.25, -0.2) is 0 Å². The number of hydrogen-bond donors (Lipinski definition) is 1. The van der Waals surface area contributed by atoms with E-state index >= 15 is 0 Å². The molecule has 2 unspecified atom stereocenters. The lowest BCUT2D eigenvalue weighted by atomic mass is 10.1. The molecule has 0 fully saturated rings. The van der Waals surface area contributed by atoms with Crippen LogP contribution < -0.4 is 0 Å². The van der Waals surface area contributed by atoms with Gasteiger partial charge in [0.2, 0.25) is 0 Å². The summed E-state index contributed by atoms with van der Waals surface area (Å²) in [6, 6.07) is 0. The number of carbonyl (C=O) groups is 2. The van der Waals surface area contributed by atoms with Gasteiger partial charge in [-0.15, -0.1) is 0 Å². The summed E-state index contributed by atoms with van der Waals surface area (Å²) >= 11 is 0. The van der Waals surface area contributed by atoms with E-state index < -0.39 is 16.8 Å². The number of carboxylic acids is 1. The zero-order valence-electron chi connectivity index (χ0n) is 9.19. The van der Waals surface area contributed by atoms with E-state index in [-0.39, 0.29) is 23.2 Å². The highest BCUT2D eigenvalue weighted by Gasteiger charge is 2.17. The molecule has 1 N–H and O–H groups in total. The molecule has 0 amide bonds. The Hall–Kier alpha value is -0.710. The number of ketones is 1. The molecule has 4 nitrogen and oxygen atoms in total. The van der Waals surface area contributed by atoms with Crippen LogP contribution in [0.25, 0.3) is 0 Å². The number of Topliss-reactive ketones (excluding diaryl/α,β-unsaturated/α-hetero) is 1. The summed E-state index contributed by atoms with van der Waals surface area (Å²) in [5.41, 5.74) is 0. The molecule has 2 atom stereocenters. The van der Waals surface area contributed by atoms with Gasteiger partial charge in [0.05, 0.1) is 0 Å². The highest BCUT2D eigenvalue weighted by Crippen LogP contribution is 2.07. The van der Waals surface area contributed by atoms with Crippen LogP contribution in [0.3, 0.4) is 0 Å². The van der Waals surface area contributed by atoms with Crippen molar-refractivity contribution < 1.29 is 18.9 Å². The second-order valence-corrected chi connectivity index (χ2v) is 5.43. The Morgan fingerprint density at radius 2 is 2.00 bits per heavy atom. The van der Waals surface area contributed by atoms with Crippen LogP contribution in [-0.2, 0) is 20.4 Å². The zero-order valence-corrected chi connectivity index (χ0v) is 10.0. The molecular weight excluding hydrogens is 216 g/mol. The molecule has 0 spiro atoms. The van der Waals surface area contributed by atoms with Crippen molar-refractivity contribution in [1.29, 1.82) is 0 Å². The number of carbonyl (C=O) groups excluding carboxylic acids is 1. The van der Waals surface area contributed by atoms with Crippen LogP contribution in [0.1, 0.15) is 39.5 Å². The van der Waals surface area contributed by atoms with Crippen molar-refractivity contribution in [3.63, 3.8) is 0 Å². The quantitative estimate of drug-likeness (QED) is 0.688. The van der Waals surface area contributed by atoms with Crippen LogP contribution in [0, 0.1) is 0 Å². The molecule has 0 radical (unpaired) electrons. The summed E-state index contributed by atoms with van der Waals surface area (Å²) in [5.74, 6) is -1.38. The van der Waals surface area contributed by atoms with E-state index in [1.54, 1.807) is 6.92 Å². The molecule has 0 bridgehead atoms. The minimum Gasteiger partial charge on any atom is -0.481 e. The van der Waals surface area contributed by atoms with Gasteiger partial charge < -0.3 is 5.11 Å². The fraction of sp³-hybridized carbons (Fsp3) is 0.800. The molecule has 0 saturated heterocycles. The van der Waals surface area contributed by atoms with E-state index in [0.29, 0.717) is 6.42 Å². The van der Waals surface area contributed by atoms with E-state index in [4.69, 9.17) is 5.11 Å². The van der Waals surface area contributed by atoms with Crippen molar-refractivity contribution in [2.75, 3.05) is 5.75 Å². The second-order valence-electron chi connectivity index (χ2n) is 3.58. The van der Waals surface area contributed by atoms with Crippen molar-refractivity contribution in [2.45, 2.75) is 44.8 Å². The lowest BCUT2D eigenvalue weighted by molar-refractivity contribution is -0.134. The Bertz CT molecular complexity index is 250. The van der Waals surface area contributed by atoms with Gasteiger partial charge >= 0.3 is 5.97 Å². The van der Waals surface area contributed by atoms with Gasteiger partial charge in [-0.1, -0.05) is 20.3 Å². The predicted molar refractivity (Wildman–Crippen MR) is 59.3 cm³/mol. The summed E-state index contributed by atoms with van der Waals surface area (Å²) in [6.45, 7) is 3.65. The molecule has 88 valence electrons. The maximum absolute atomic E-state index is 11.3. The number of aliphatic carboxylic acids is 1. The fourth-order valence-electron chi connectivity index (χ4n) is 1.15. The van der Waals surface area contributed by atoms with E-state index in [1.807, 2.05) is 6.92 Å². The fourth-order valence-corrected chi connectivity index (χ4v) is 2.05. The third kappa shape index (κ3) is 7.25. The van der Waals surface area contributed by atoms with Crippen molar-refractivity contribution >= 4 is 22.6 Å². The lowest BCUT2D eigenvalue weighted by Gasteiger charge is -2.08. The Morgan fingerprint density at radius 1 is 1.40 bits per heavy atom.